The van der Waals surface area contributed by atoms with E-state index >= 15 is 0 Å². The van der Waals surface area contributed by atoms with Crippen LogP contribution in [0, 0.1) is 0 Å². The van der Waals surface area contributed by atoms with Gasteiger partial charge in [0, 0.05) is 55.1 Å². The van der Waals surface area contributed by atoms with Crippen molar-refractivity contribution in [1.29, 1.82) is 0 Å². The van der Waals surface area contributed by atoms with Crippen molar-refractivity contribution in [3.63, 3.8) is 0 Å². The first-order valence-electron chi connectivity index (χ1n) is 28.6. The van der Waals surface area contributed by atoms with Gasteiger partial charge in [0.15, 0.2) is 0 Å². The lowest BCUT2D eigenvalue weighted by molar-refractivity contribution is 1.18. The van der Waals surface area contributed by atoms with Gasteiger partial charge in [0.05, 0.1) is 27.8 Å². The van der Waals surface area contributed by atoms with Crippen molar-refractivity contribution < 1.29 is 0 Å². The van der Waals surface area contributed by atoms with E-state index in [1.807, 2.05) is 0 Å². The van der Waals surface area contributed by atoms with Crippen molar-refractivity contribution >= 4 is 82.2 Å². The maximum absolute atomic E-state index is 2.47. The molecule has 0 unspecified atom stereocenters. The Kier molecular flexibility index (Phi) is 11.5. The Bertz CT molecular complexity index is 4780. The Morgan fingerprint density at radius 2 is 0.506 bits per heavy atom. The predicted molar refractivity (Wildman–Crippen MR) is 352 cm³/mol. The summed E-state index contributed by atoms with van der Waals surface area (Å²) in [5.74, 6) is 0. The third-order valence-electron chi connectivity index (χ3n) is 16.9. The molecule has 0 N–H and O–H groups in total. The first-order valence-corrected chi connectivity index (χ1v) is 28.6. The molecule has 0 radical (unpaired) electrons. The molecule has 0 amide bonds. The van der Waals surface area contributed by atoms with E-state index in [2.05, 4.69) is 336 Å². The summed E-state index contributed by atoms with van der Waals surface area (Å²) in [6.07, 6.45) is 0. The molecule has 2 heterocycles. The molecule has 0 aliphatic rings. The van der Waals surface area contributed by atoms with Gasteiger partial charge in [-0.2, -0.15) is 0 Å². The number of nitrogens with zero attached hydrogens (tertiary/aromatic N) is 3. The number of rotatable bonds is 10. The Morgan fingerprint density at radius 3 is 0.928 bits per heavy atom. The van der Waals surface area contributed by atoms with Gasteiger partial charge in [0.25, 0.3) is 0 Å². The van der Waals surface area contributed by atoms with Crippen LogP contribution in [0.4, 0.5) is 17.1 Å². The van der Waals surface area contributed by atoms with Crippen LogP contribution in [0.15, 0.2) is 322 Å². The molecule has 16 rings (SSSR count). The van der Waals surface area contributed by atoms with E-state index in [0.717, 1.165) is 67.0 Å². The number of benzene rings is 14. The molecular formula is C80H53N3. The van der Waals surface area contributed by atoms with Crippen molar-refractivity contribution in [2.75, 3.05) is 4.90 Å². The summed E-state index contributed by atoms with van der Waals surface area (Å²) in [7, 11) is 0. The summed E-state index contributed by atoms with van der Waals surface area (Å²) in [4.78, 5) is 2.47. The second-order valence-electron chi connectivity index (χ2n) is 21.6. The third-order valence-corrected chi connectivity index (χ3v) is 16.9. The van der Waals surface area contributed by atoms with Gasteiger partial charge >= 0.3 is 0 Å². The number of hydrogen-bond acceptors (Lipinski definition) is 1. The van der Waals surface area contributed by atoms with Crippen LogP contribution in [-0.2, 0) is 0 Å². The minimum atomic E-state index is 1.08. The molecule has 0 spiro atoms. The maximum Gasteiger partial charge on any atom is 0.0618 e. The van der Waals surface area contributed by atoms with E-state index < -0.39 is 0 Å². The molecule has 0 atom stereocenters. The fourth-order valence-corrected chi connectivity index (χ4v) is 13.0. The second-order valence-corrected chi connectivity index (χ2v) is 21.6. The zero-order chi connectivity index (χ0) is 54.8. The summed E-state index contributed by atoms with van der Waals surface area (Å²) in [6, 6.07) is 118. The molecule has 0 saturated carbocycles. The van der Waals surface area contributed by atoms with Gasteiger partial charge in [-0.25, -0.2) is 0 Å². The summed E-state index contributed by atoms with van der Waals surface area (Å²) in [5.41, 5.74) is 21.9. The molecule has 0 aliphatic carbocycles. The molecule has 2 aromatic heterocycles. The number of aromatic nitrogens is 2. The zero-order valence-electron chi connectivity index (χ0n) is 45.4. The first kappa shape index (κ1) is 48.0. The number of anilines is 3. The normalized spacial score (nSPS) is 11.6. The van der Waals surface area contributed by atoms with E-state index in [4.69, 9.17) is 0 Å². The molecule has 3 nitrogen and oxygen atoms in total. The summed E-state index contributed by atoms with van der Waals surface area (Å²) in [6.45, 7) is 0. The van der Waals surface area contributed by atoms with Gasteiger partial charge in [-0.15, -0.1) is 0 Å². The molecule has 0 saturated heterocycles. The SMILES string of the molecule is c1ccc(-c2ccc(N(c3ccc(-c4ccccc4)cc3)c3c4ccccc4c(-c4cc(-c5ccc6c7ccccc7n(-c7ccccc7)c6c5)cc(-c5ccc6c7ccccc7n(-c7ccccc7)c6c5)c4)c4ccccc34)cc2)cc1. The monoisotopic (exact) mass is 1060 g/mol. The molecule has 14 aromatic carbocycles. The first-order chi connectivity index (χ1) is 41.2. The van der Waals surface area contributed by atoms with E-state index in [9.17, 15) is 0 Å². The van der Waals surface area contributed by atoms with Crippen LogP contribution in [-0.4, -0.2) is 9.13 Å². The number of para-hydroxylation sites is 4. The molecule has 388 valence electrons. The smallest absolute Gasteiger partial charge is 0.0618 e. The lowest BCUT2D eigenvalue weighted by Crippen LogP contribution is -2.11. The molecule has 16 aromatic rings. The quantitative estimate of drug-likeness (QED) is 0.124. The number of fused-ring (bicyclic) bond motifs is 8. The Labute approximate surface area is 482 Å². The third kappa shape index (κ3) is 8.20. The van der Waals surface area contributed by atoms with E-state index in [-0.39, 0.29) is 0 Å². The molecule has 0 fully saturated rings. The van der Waals surface area contributed by atoms with Crippen LogP contribution in [0.5, 0.6) is 0 Å². The highest BCUT2D eigenvalue weighted by Crippen LogP contribution is 2.50. The van der Waals surface area contributed by atoms with E-state index in [0.29, 0.717) is 0 Å². The lowest BCUT2D eigenvalue weighted by atomic mass is 9.86. The minimum absolute atomic E-state index is 1.08. The van der Waals surface area contributed by atoms with Crippen LogP contribution in [0.2, 0.25) is 0 Å². The van der Waals surface area contributed by atoms with Gasteiger partial charge in [-0.3, -0.25) is 0 Å². The topological polar surface area (TPSA) is 13.1 Å². The van der Waals surface area contributed by atoms with Gasteiger partial charge < -0.3 is 14.0 Å². The average Bonchev–Trinajstić information content (AvgIpc) is 3.45. The maximum atomic E-state index is 2.47. The van der Waals surface area contributed by atoms with Crippen LogP contribution < -0.4 is 4.90 Å². The summed E-state index contributed by atoms with van der Waals surface area (Å²) in [5, 5.41) is 9.60. The van der Waals surface area contributed by atoms with Crippen molar-refractivity contribution in [1.82, 2.24) is 9.13 Å². The van der Waals surface area contributed by atoms with Crippen LogP contribution >= 0.6 is 0 Å². The second kappa shape index (κ2) is 20.0. The Morgan fingerprint density at radius 1 is 0.193 bits per heavy atom. The van der Waals surface area contributed by atoms with Crippen LogP contribution in [0.25, 0.3) is 132 Å². The van der Waals surface area contributed by atoms with Gasteiger partial charge in [0.1, 0.15) is 0 Å². The minimum Gasteiger partial charge on any atom is -0.309 e. The van der Waals surface area contributed by atoms with Crippen molar-refractivity contribution in [2.24, 2.45) is 0 Å². The van der Waals surface area contributed by atoms with Crippen LogP contribution in [0.3, 0.4) is 0 Å². The van der Waals surface area contributed by atoms with E-state index in [1.165, 1.54) is 82.2 Å². The van der Waals surface area contributed by atoms with E-state index in [1.54, 1.807) is 0 Å². The fraction of sp³-hybridized carbons (Fsp3) is 0. The molecule has 83 heavy (non-hydrogen) atoms. The standard InChI is InChI=1S/C80H53N3/c1-5-21-54(22-6-1)56-37-43-65(44-38-56)81(66-45-39-57(40-46-66)55-23-7-2-8-24-55)80-73-33-15-13-31-71(73)79(72-32-14-16-34-74(72)80)62-50-60(58-41-47-69-67-29-17-19-35-75(67)82(77(69)52-58)63-25-9-3-10-26-63)49-61(51-62)59-42-48-70-68-30-18-20-36-76(68)83(78(70)53-59)64-27-11-4-12-28-64/h1-53H. The average molecular weight is 1060 g/mol. The fourth-order valence-electron chi connectivity index (χ4n) is 13.0. The van der Waals surface area contributed by atoms with Crippen LogP contribution in [0.1, 0.15) is 0 Å². The van der Waals surface area contributed by atoms with Crippen molar-refractivity contribution in [2.45, 2.75) is 0 Å². The van der Waals surface area contributed by atoms with Gasteiger partial charge in [-0.05, 0) is 157 Å². The molecule has 3 heteroatoms. The molecule has 0 aliphatic heterocycles. The predicted octanol–water partition coefficient (Wildman–Crippen LogP) is 22.0. The lowest BCUT2D eigenvalue weighted by Gasteiger charge is -2.30. The highest BCUT2D eigenvalue weighted by molar-refractivity contribution is 6.23. The Balaban J connectivity index is 0.950. The van der Waals surface area contributed by atoms with Gasteiger partial charge in [0.2, 0.25) is 0 Å². The highest BCUT2D eigenvalue weighted by atomic mass is 15.1. The summed E-state index contributed by atoms with van der Waals surface area (Å²) >= 11 is 0. The molecular weight excluding hydrogens is 1000 g/mol. The Hall–Kier alpha value is -11.0. The van der Waals surface area contributed by atoms with Gasteiger partial charge in [-0.1, -0.05) is 231 Å². The van der Waals surface area contributed by atoms with Crippen molar-refractivity contribution in [3.8, 4) is 67.0 Å². The highest BCUT2D eigenvalue weighted by Gasteiger charge is 2.24. The summed E-state index contributed by atoms with van der Waals surface area (Å²) < 4.78 is 4.84. The largest absolute Gasteiger partial charge is 0.309 e. The zero-order valence-corrected chi connectivity index (χ0v) is 45.4. The van der Waals surface area contributed by atoms with Crippen molar-refractivity contribution in [3.05, 3.63) is 322 Å². The molecule has 0 bridgehead atoms. The number of hydrogen-bond donors (Lipinski definition) is 0.